The van der Waals surface area contributed by atoms with Crippen molar-refractivity contribution >= 4 is 0 Å². The van der Waals surface area contributed by atoms with Crippen LogP contribution in [0.25, 0.3) is 0 Å². The summed E-state index contributed by atoms with van der Waals surface area (Å²) < 4.78 is 10.6. The van der Waals surface area contributed by atoms with Crippen molar-refractivity contribution in [1.82, 2.24) is 0 Å². The minimum absolute atomic E-state index is 0.801. The van der Waals surface area contributed by atoms with Gasteiger partial charge in [0.1, 0.15) is 0 Å². The van der Waals surface area contributed by atoms with Gasteiger partial charge in [-0.1, -0.05) is 6.92 Å². The van der Waals surface area contributed by atoms with Crippen molar-refractivity contribution in [3.05, 3.63) is 6.29 Å². The summed E-state index contributed by atoms with van der Waals surface area (Å²) in [5.74, 6) is 0. The molecular weight excluding hydrogens is 128 g/mol. The van der Waals surface area contributed by atoms with Crippen LogP contribution < -0.4 is 0 Å². The molecule has 1 radical (unpaired) electrons. The number of hydrogen-bond donors (Lipinski definition) is 0. The molecule has 0 aromatic rings. The van der Waals surface area contributed by atoms with Gasteiger partial charge >= 0.3 is 0 Å². The summed E-state index contributed by atoms with van der Waals surface area (Å²) >= 11 is 0. The molecule has 0 atom stereocenters. The molecule has 0 N–H and O–H groups in total. The number of rotatable bonds is 3. The fraction of sp³-hybridized carbons (Fsp3) is 0.875. The summed E-state index contributed by atoms with van der Waals surface area (Å²) in [5.41, 5.74) is 0. The lowest BCUT2D eigenvalue weighted by atomic mass is 10.2. The molecule has 1 fully saturated rings. The Bertz CT molecular complexity index is 77.3. The van der Waals surface area contributed by atoms with E-state index in [1.165, 1.54) is 12.8 Å². The van der Waals surface area contributed by atoms with Gasteiger partial charge in [0.2, 0.25) is 6.29 Å². The minimum atomic E-state index is 0.801. The van der Waals surface area contributed by atoms with Crippen molar-refractivity contribution in [1.29, 1.82) is 0 Å². The van der Waals surface area contributed by atoms with Gasteiger partial charge in [0.05, 0.1) is 6.61 Å². The highest BCUT2D eigenvalue weighted by Crippen LogP contribution is 2.19. The predicted molar refractivity (Wildman–Crippen MR) is 39.3 cm³/mol. The normalized spacial score (nSPS) is 21.3. The van der Waals surface area contributed by atoms with Gasteiger partial charge in [0.25, 0.3) is 0 Å². The molecule has 2 heteroatoms. The fourth-order valence-corrected chi connectivity index (χ4v) is 0.959. The molecule has 0 amide bonds. The van der Waals surface area contributed by atoms with Gasteiger partial charge in [0.15, 0.2) is 0 Å². The van der Waals surface area contributed by atoms with E-state index in [4.69, 9.17) is 9.47 Å². The molecule has 0 aromatic heterocycles. The van der Waals surface area contributed by atoms with Gasteiger partial charge in [-0.3, -0.25) is 0 Å². The molecule has 0 aliphatic carbocycles. The molecule has 2 nitrogen and oxygen atoms in total. The van der Waals surface area contributed by atoms with Gasteiger partial charge in [-0.05, 0) is 19.3 Å². The number of hydrogen-bond acceptors (Lipinski definition) is 2. The van der Waals surface area contributed by atoms with Crippen LogP contribution in [0.5, 0.6) is 0 Å². The molecular formula is C8H15O2. The smallest absolute Gasteiger partial charge is 0.223 e. The second-order valence-electron chi connectivity index (χ2n) is 2.53. The highest BCUT2D eigenvalue weighted by atomic mass is 16.7. The Morgan fingerprint density at radius 1 is 1.50 bits per heavy atom. The minimum Gasteiger partial charge on any atom is -0.345 e. The molecule has 0 spiro atoms. The highest BCUT2D eigenvalue weighted by Gasteiger charge is 2.14. The van der Waals surface area contributed by atoms with E-state index in [-0.39, 0.29) is 0 Å². The van der Waals surface area contributed by atoms with Gasteiger partial charge < -0.3 is 9.47 Å². The Balaban J connectivity index is 2.02. The first-order valence-corrected chi connectivity index (χ1v) is 4.05. The van der Waals surface area contributed by atoms with Gasteiger partial charge in [-0.15, -0.1) is 0 Å². The molecule has 59 valence electrons. The first-order chi connectivity index (χ1) is 4.93. The van der Waals surface area contributed by atoms with E-state index in [2.05, 4.69) is 6.92 Å². The third-order valence-electron chi connectivity index (χ3n) is 1.51. The van der Waals surface area contributed by atoms with Crippen LogP contribution in [-0.2, 0) is 9.47 Å². The molecule has 1 heterocycles. The van der Waals surface area contributed by atoms with Crippen molar-refractivity contribution in [2.45, 2.75) is 32.6 Å². The summed E-state index contributed by atoms with van der Waals surface area (Å²) in [6.07, 6.45) is 5.32. The average Bonchev–Trinajstić information content (AvgIpc) is 2.03. The summed E-state index contributed by atoms with van der Waals surface area (Å²) in [6, 6.07) is 0. The predicted octanol–water partition coefficient (Wildman–Crippen LogP) is 2.10. The Labute approximate surface area is 62.5 Å². The van der Waals surface area contributed by atoms with Crippen molar-refractivity contribution in [3.8, 4) is 0 Å². The van der Waals surface area contributed by atoms with Crippen LogP contribution >= 0.6 is 0 Å². The second kappa shape index (κ2) is 4.69. The van der Waals surface area contributed by atoms with E-state index >= 15 is 0 Å². The first-order valence-electron chi connectivity index (χ1n) is 4.05. The van der Waals surface area contributed by atoms with Crippen molar-refractivity contribution in [2.24, 2.45) is 0 Å². The quantitative estimate of drug-likeness (QED) is 0.602. The maximum absolute atomic E-state index is 5.33. The average molecular weight is 143 g/mol. The molecule has 10 heavy (non-hydrogen) atoms. The lowest BCUT2D eigenvalue weighted by Gasteiger charge is -2.20. The highest BCUT2D eigenvalue weighted by molar-refractivity contribution is 4.69. The molecule has 1 aliphatic heterocycles. The monoisotopic (exact) mass is 143 g/mol. The van der Waals surface area contributed by atoms with Crippen molar-refractivity contribution < 1.29 is 9.47 Å². The largest absolute Gasteiger partial charge is 0.345 e. The summed E-state index contributed by atoms with van der Waals surface area (Å²) in [4.78, 5) is 0. The maximum Gasteiger partial charge on any atom is 0.223 e. The topological polar surface area (TPSA) is 18.5 Å². The fourth-order valence-electron chi connectivity index (χ4n) is 0.959. The standard InChI is InChI=1S/C8H15O2/c1-2-6-9-8-5-3-4-7-10-8/h2-7H2,1H3. The second-order valence-corrected chi connectivity index (χ2v) is 2.53. The van der Waals surface area contributed by atoms with Crippen LogP contribution in [-0.4, -0.2) is 13.2 Å². The molecule has 0 bridgehead atoms. The van der Waals surface area contributed by atoms with Crippen LogP contribution in [0.1, 0.15) is 32.6 Å². The molecule has 1 aliphatic rings. The molecule has 1 rings (SSSR count). The van der Waals surface area contributed by atoms with E-state index < -0.39 is 0 Å². The van der Waals surface area contributed by atoms with Gasteiger partial charge in [0, 0.05) is 13.0 Å². The first kappa shape index (κ1) is 8.02. The zero-order chi connectivity index (χ0) is 7.23. The molecule has 1 saturated heterocycles. The lowest BCUT2D eigenvalue weighted by Crippen LogP contribution is -2.14. The molecule has 0 saturated carbocycles. The van der Waals surface area contributed by atoms with E-state index in [9.17, 15) is 0 Å². The zero-order valence-electron chi connectivity index (χ0n) is 6.56. The SMILES string of the molecule is CCCO[C]1CCCCO1. The van der Waals surface area contributed by atoms with Crippen LogP contribution in [0, 0.1) is 6.29 Å². The van der Waals surface area contributed by atoms with Gasteiger partial charge in [-0.25, -0.2) is 0 Å². The van der Waals surface area contributed by atoms with E-state index in [1.54, 1.807) is 0 Å². The third kappa shape index (κ3) is 2.67. The summed E-state index contributed by atoms with van der Waals surface area (Å²) in [5, 5.41) is 0. The van der Waals surface area contributed by atoms with Crippen molar-refractivity contribution in [2.75, 3.05) is 13.2 Å². The lowest BCUT2D eigenvalue weighted by molar-refractivity contribution is -0.0688. The Kier molecular flexibility index (Phi) is 3.76. The Hall–Kier alpha value is -0.0800. The zero-order valence-corrected chi connectivity index (χ0v) is 6.56. The van der Waals surface area contributed by atoms with E-state index in [0.717, 1.165) is 32.3 Å². The van der Waals surface area contributed by atoms with E-state index in [0.29, 0.717) is 0 Å². The van der Waals surface area contributed by atoms with Crippen LogP contribution in [0.2, 0.25) is 0 Å². The number of ether oxygens (including phenoxy) is 2. The summed E-state index contributed by atoms with van der Waals surface area (Å²) in [6.45, 7) is 3.75. The summed E-state index contributed by atoms with van der Waals surface area (Å²) in [7, 11) is 0. The van der Waals surface area contributed by atoms with Gasteiger partial charge in [-0.2, -0.15) is 0 Å². The third-order valence-corrected chi connectivity index (χ3v) is 1.51. The van der Waals surface area contributed by atoms with Crippen molar-refractivity contribution in [3.63, 3.8) is 0 Å². The Morgan fingerprint density at radius 2 is 2.40 bits per heavy atom. The van der Waals surface area contributed by atoms with Crippen LogP contribution in [0.3, 0.4) is 0 Å². The maximum atomic E-state index is 5.33. The van der Waals surface area contributed by atoms with Crippen LogP contribution in [0.4, 0.5) is 0 Å². The molecule has 0 aromatic carbocycles. The van der Waals surface area contributed by atoms with E-state index in [1.807, 2.05) is 0 Å². The van der Waals surface area contributed by atoms with Crippen LogP contribution in [0.15, 0.2) is 0 Å². The Morgan fingerprint density at radius 3 is 3.00 bits per heavy atom. The molecule has 0 unspecified atom stereocenters.